The normalized spacial score (nSPS) is 15.2. The monoisotopic (exact) mass is 254 g/mol. The highest BCUT2D eigenvalue weighted by Gasteiger charge is 2.27. The SMILES string of the molecule is CC(C)(C)c1cc(C(O)C(O)C(=O)O)ccc1O. The number of carboxylic acids is 1. The van der Waals surface area contributed by atoms with Crippen LogP contribution in [-0.2, 0) is 10.2 Å². The van der Waals surface area contributed by atoms with Crippen LogP contribution in [0.25, 0.3) is 0 Å². The molecule has 0 spiro atoms. The van der Waals surface area contributed by atoms with Crippen LogP contribution >= 0.6 is 0 Å². The summed E-state index contributed by atoms with van der Waals surface area (Å²) in [6.45, 7) is 5.64. The van der Waals surface area contributed by atoms with Gasteiger partial charge in [0.25, 0.3) is 0 Å². The lowest BCUT2D eigenvalue weighted by molar-refractivity contribution is -0.153. The van der Waals surface area contributed by atoms with Gasteiger partial charge in [-0.1, -0.05) is 26.8 Å². The molecule has 0 saturated carbocycles. The number of aliphatic hydroxyl groups is 2. The second-order valence-electron chi connectivity index (χ2n) is 5.25. The second kappa shape index (κ2) is 4.96. The molecule has 1 rings (SSSR count). The van der Waals surface area contributed by atoms with E-state index in [1.54, 1.807) is 0 Å². The predicted octanol–water partition coefficient (Wildman–Crippen LogP) is 1.17. The van der Waals surface area contributed by atoms with Gasteiger partial charge in [-0.15, -0.1) is 0 Å². The number of rotatable bonds is 3. The molecule has 2 atom stereocenters. The molecular weight excluding hydrogens is 236 g/mol. The minimum atomic E-state index is -1.89. The van der Waals surface area contributed by atoms with Crippen molar-refractivity contribution in [1.29, 1.82) is 0 Å². The summed E-state index contributed by atoms with van der Waals surface area (Å²) >= 11 is 0. The molecule has 5 heteroatoms. The van der Waals surface area contributed by atoms with Gasteiger partial charge >= 0.3 is 5.97 Å². The molecule has 0 amide bonds. The van der Waals surface area contributed by atoms with Crippen molar-refractivity contribution in [3.63, 3.8) is 0 Å². The summed E-state index contributed by atoms with van der Waals surface area (Å²) < 4.78 is 0. The lowest BCUT2D eigenvalue weighted by Crippen LogP contribution is -2.27. The maximum absolute atomic E-state index is 10.6. The topological polar surface area (TPSA) is 98.0 Å². The van der Waals surface area contributed by atoms with Crippen molar-refractivity contribution in [3.8, 4) is 5.75 Å². The van der Waals surface area contributed by atoms with Crippen molar-refractivity contribution >= 4 is 5.97 Å². The Morgan fingerprint density at radius 1 is 1.22 bits per heavy atom. The van der Waals surface area contributed by atoms with Gasteiger partial charge in [0.05, 0.1) is 0 Å². The highest BCUT2D eigenvalue weighted by Crippen LogP contribution is 2.33. The molecule has 0 aliphatic heterocycles. The quantitative estimate of drug-likeness (QED) is 0.649. The Hall–Kier alpha value is -1.59. The van der Waals surface area contributed by atoms with Crippen LogP contribution in [0.2, 0.25) is 0 Å². The van der Waals surface area contributed by atoms with Crippen LogP contribution in [-0.4, -0.2) is 32.5 Å². The first-order valence-electron chi connectivity index (χ1n) is 5.57. The van der Waals surface area contributed by atoms with Gasteiger partial charge in [0.1, 0.15) is 11.9 Å². The number of phenols is 1. The van der Waals surface area contributed by atoms with Gasteiger partial charge in [0.15, 0.2) is 6.10 Å². The number of phenolic OH excluding ortho intramolecular Hbond substituents is 1. The van der Waals surface area contributed by atoms with E-state index in [9.17, 15) is 20.1 Å². The highest BCUT2D eigenvalue weighted by atomic mass is 16.4. The first-order chi connectivity index (χ1) is 8.14. The predicted molar refractivity (Wildman–Crippen MR) is 65.4 cm³/mol. The molecule has 0 aromatic heterocycles. The maximum Gasteiger partial charge on any atom is 0.335 e. The van der Waals surface area contributed by atoms with E-state index < -0.39 is 18.2 Å². The first kappa shape index (κ1) is 14.5. The van der Waals surface area contributed by atoms with E-state index in [1.807, 2.05) is 20.8 Å². The van der Waals surface area contributed by atoms with Crippen molar-refractivity contribution in [1.82, 2.24) is 0 Å². The summed E-state index contributed by atoms with van der Waals surface area (Å²) in [4.78, 5) is 10.6. The van der Waals surface area contributed by atoms with Crippen LogP contribution in [0.3, 0.4) is 0 Å². The number of hydrogen-bond acceptors (Lipinski definition) is 4. The largest absolute Gasteiger partial charge is 0.508 e. The van der Waals surface area contributed by atoms with Gasteiger partial charge < -0.3 is 20.4 Å². The zero-order chi connectivity index (χ0) is 14.1. The van der Waals surface area contributed by atoms with Gasteiger partial charge in [0, 0.05) is 0 Å². The summed E-state index contributed by atoms with van der Waals surface area (Å²) in [6, 6.07) is 4.28. The van der Waals surface area contributed by atoms with Crippen LogP contribution in [0.4, 0.5) is 0 Å². The van der Waals surface area contributed by atoms with Gasteiger partial charge in [0.2, 0.25) is 0 Å². The van der Waals surface area contributed by atoms with Gasteiger partial charge in [-0.05, 0) is 28.7 Å². The summed E-state index contributed by atoms with van der Waals surface area (Å²) in [5.74, 6) is -1.42. The lowest BCUT2D eigenvalue weighted by Gasteiger charge is -2.23. The molecule has 0 heterocycles. The van der Waals surface area contributed by atoms with Crippen LogP contribution in [0.5, 0.6) is 5.75 Å². The molecule has 0 fully saturated rings. The van der Waals surface area contributed by atoms with E-state index >= 15 is 0 Å². The molecule has 2 unspecified atom stereocenters. The molecule has 0 aliphatic carbocycles. The molecule has 5 nitrogen and oxygen atoms in total. The Labute approximate surface area is 105 Å². The fraction of sp³-hybridized carbons (Fsp3) is 0.462. The Balaban J connectivity index is 3.17. The standard InChI is InChI=1S/C13H18O5/c1-13(2,3)8-6-7(4-5-9(8)14)10(15)11(16)12(17)18/h4-6,10-11,14-16H,1-3H3,(H,17,18). The van der Waals surface area contributed by atoms with E-state index in [-0.39, 0.29) is 16.7 Å². The molecular formula is C13H18O5. The van der Waals surface area contributed by atoms with Crippen LogP contribution in [0, 0.1) is 0 Å². The van der Waals surface area contributed by atoms with E-state index in [4.69, 9.17) is 5.11 Å². The molecule has 0 radical (unpaired) electrons. The molecule has 18 heavy (non-hydrogen) atoms. The van der Waals surface area contributed by atoms with E-state index in [1.165, 1.54) is 18.2 Å². The number of carboxylic acid groups (broad SMARTS) is 1. The van der Waals surface area contributed by atoms with Crippen LogP contribution in [0.1, 0.15) is 38.0 Å². The number of hydrogen-bond donors (Lipinski definition) is 4. The average molecular weight is 254 g/mol. The highest BCUT2D eigenvalue weighted by molar-refractivity contribution is 5.73. The summed E-state index contributed by atoms with van der Waals surface area (Å²) in [5, 5.41) is 37.4. The van der Waals surface area contributed by atoms with Crippen LogP contribution in [0.15, 0.2) is 18.2 Å². The van der Waals surface area contributed by atoms with Gasteiger partial charge in [-0.25, -0.2) is 4.79 Å². The molecule has 1 aromatic carbocycles. The van der Waals surface area contributed by atoms with Crippen molar-refractivity contribution in [2.75, 3.05) is 0 Å². The molecule has 0 bridgehead atoms. The molecule has 0 saturated heterocycles. The third kappa shape index (κ3) is 3.00. The molecule has 1 aromatic rings. The Kier molecular flexibility index (Phi) is 3.98. The van der Waals surface area contributed by atoms with E-state index in [0.717, 1.165) is 0 Å². The number of aliphatic carboxylic acids is 1. The number of aromatic hydroxyl groups is 1. The summed E-state index contributed by atoms with van der Waals surface area (Å²) in [6.07, 6.45) is -3.41. The van der Waals surface area contributed by atoms with Crippen molar-refractivity contribution in [2.45, 2.75) is 38.4 Å². The lowest BCUT2D eigenvalue weighted by atomic mass is 9.84. The Morgan fingerprint density at radius 3 is 2.22 bits per heavy atom. The van der Waals surface area contributed by atoms with Crippen molar-refractivity contribution < 1.29 is 25.2 Å². The average Bonchev–Trinajstić information content (AvgIpc) is 2.26. The summed E-state index contributed by atoms with van der Waals surface area (Å²) in [5.41, 5.74) is 0.484. The molecule has 0 aliphatic rings. The molecule has 4 N–H and O–H groups in total. The molecule has 100 valence electrons. The number of benzene rings is 1. The van der Waals surface area contributed by atoms with E-state index in [0.29, 0.717) is 5.56 Å². The maximum atomic E-state index is 10.6. The Bertz CT molecular complexity index is 447. The van der Waals surface area contributed by atoms with E-state index in [2.05, 4.69) is 0 Å². The second-order valence-corrected chi connectivity index (χ2v) is 5.25. The number of aliphatic hydroxyl groups excluding tert-OH is 2. The third-order valence-electron chi connectivity index (χ3n) is 2.72. The zero-order valence-corrected chi connectivity index (χ0v) is 10.6. The first-order valence-corrected chi connectivity index (χ1v) is 5.57. The van der Waals surface area contributed by atoms with Crippen LogP contribution < -0.4 is 0 Å². The van der Waals surface area contributed by atoms with Crippen molar-refractivity contribution in [3.05, 3.63) is 29.3 Å². The smallest absolute Gasteiger partial charge is 0.335 e. The minimum absolute atomic E-state index is 0.0725. The van der Waals surface area contributed by atoms with Crippen molar-refractivity contribution in [2.24, 2.45) is 0 Å². The zero-order valence-electron chi connectivity index (χ0n) is 10.6. The summed E-state index contributed by atoms with van der Waals surface area (Å²) in [7, 11) is 0. The number of carbonyl (C=O) groups is 1. The van der Waals surface area contributed by atoms with Gasteiger partial charge in [-0.3, -0.25) is 0 Å². The fourth-order valence-electron chi connectivity index (χ4n) is 1.66. The van der Waals surface area contributed by atoms with Gasteiger partial charge in [-0.2, -0.15) is 0 Å². The minimum Gasteiger partial charge on any atom is -0.508 e. The Morgan fingerprint density at radius 2 is 1.78 bits per heavy atom. The third-order valence-corrected chi connectivity index (χ3v) is 2.72. The fourth-order valence-corrected chi connectivity index (χ4v) is 1.66.